The Hall–Kier alpha value is -2.11. The Morgan fingerprint density at radius 2 is 2.08 bits per heavy atom. The quantitative estimate of drug-likeness (QED) is 0.887. The van der Waals surface area contributed by atoms with Gasteiger partial charge in [-0.2, -0.15) is 10.2 Å². The fraction of sp³-hybridized carbons (Fsp3) is 0.611. The summed E-state index contributed by atoms with van der Waals surface area (Å²) in [4.78, 5) is 12.3. The lowest BCUT2D eigenvalue weighted by Crippen LogP contribution is -2.20. The molecule has 3 atom stereocenters. The molecule has 0 aromatic carbocycles. The zero-order valence-corrected chi connectivity index (χ0v) is 14.2. The molecule has 0 radical (unpaired) electrons. The number of carbonyl (C=O) groups is 1. The lowest BCUT2D eigenvalue weighted by atomic mass is 9.86. The third-order valence-electron chi connectivity index (χ3n) is 5.60. The van der Waals surface area contributed by atoms with Crippen LogP contribution in [0.2, 0.25) is 0 Å². The van der Waals surface area contributed by atoms with Gasteiger partial charge in [-0.1, -0.05) is 6.42 Å². The summed E-state index contributed by atoms with van der Waals surface area (Å²) in [5.74, 6) is 2.41. The van der Waals surface area contributed by atoms with Crippen LogP contribution < -0.4 is 5.32 Å². The van der Waals surface area contributed by atoms with Crippen LogP contribution in [0.5, 0.6) is 0 Å². The summed E-state index contributed by atoms with van der Waals surface area (Å²) in [6, 6.07) is 0. The van der Waals surface area contributed by atoms with E-state index in [-0.39, 0.29) is 5.91 Å². The first-order valence-corrected chi connectivity index (χ1v) is 9.03. The highest BCUT2D eigenvalue weighted by Gasteiger charge is 2.40. The zero-order chi connectivity index (χ0) is 16.5. The molecule has 128 valence electrons. The highest BCUT2D eigenvalue weighted by Crippen LogP contribution is 2.49. The molecule has 0 saturated heterocycles. The minimum absolute atomic E-state index is 0.130. The van der Waals surface area contributed by atoms with Crippen molar-refractivity contribution >= 4 is 11.6 Å². The molecule has 6 heteroatoms. The van der Waals surface area contributed by atoms with Gasteiger partial charge in [0.15, 0.2) is 0 Å². The molecule has 2 aliphatic rings. The Morgan fingerprint density at radius 3 is 2.79 bits per heavy atom. The van der Waals surface area contributed by atoms with Gasteiger partial charge in [-0.05, 0) is 43.9 Å². The van der Waals surface area contributed by atoms with E-state index in [1.54, 1.807) is 6.20 Å². The number of hydrogen-bond donors (Lipinski definition) is 1. The number of nitrogens with zero attached hydrogens (tertiary/aromatic N) is 4. The highest BCUT2D eigenvalue weighted by molar-refractivity contribution is 5.90. The number of nitrogens with one attached hydrogen (secondary N) is 1. The molecule has 2 aromatic heterocycles. The van der Waals surface area contributed by atoms with Crippen LogP contribution >= 0.6 is 0 Å². The first-order valence-electron chi connectivity index (χ1n) is 9.03. The molecule has 0 aliphatic heterocycles. The summed E-state index contributed by atoms with van der Waals surface area (Å²) < 4.78 is 3.74. The Kier molecular flexibility index (Phi) is 4.12. The monoisotopic (exact) mass is 327 g/mol. The van der Waals surface area contributed by atoms with Crippen LogP contribution in [0.15, 0.2) is 24.8 Å². The Bertz CT molecular complexity index is 719. The van der Waals surface area contributed by atoms with Crippen LogP contribution in [-0.4, -0.2) is 25.5 Å². The van der Waals surface area contributed by atoms with Crippen molar-refractivity contribution in [2.75, 3.05) is 5.32 Å². The maximum Gasteiger partial charge on any atom is 0.224 e. The minimum atomic E-state index is 0.130. The fourth-order valence-electron chi connectivity index (χ4n) is 4.44. The van der Waals surface area contributed by atoms with Gasteiger partial charge in [-0.25, -0.2) is 0 Å². The maximum absolute atomic E-state index is 12.3. The Morgan fingerprint density at radius 1 is 1.21 bits per heavy atom. The summed E-state index contributed by atoms with van der Waals surface area (Å²) in [6.07, 6.45) is 13.5. The summed E-state index contributed by atoms with van der Waals surface area (Å²) >= 11 is 0. The van der Waals surface area contributed by atoms with Crippen molar-refractivity contribution in [2.45, 2.75) is 52.1 Å². The van der Waals surface area contributed by atoms with E-state index >= 15 is 0 Å². The van der Waals surface area contributed by atoms with Gasteiger partial charge >= 0.3 is 0 Å². The van der Waals surface area contributed by atoms with E-state index in [1.165, 1.54) is 25.7 Å². The van der Waals surface area contributed by atoms with Crippen LogP contribution in [0.3, 0.4) is 0 Å². The average Bonchev–Trinajstić information content (AvgIpc) is 3.32. The number of amides is 1. The lowest BCUT2D eigenvalue weighted by molar-refractivity contribution is -0.117. The van der Waals surface area contributed by atoms with Gasteiger partial charge in [-0.15, -0.1) is 0 Å². The van der Waals surface area contributed by atoms with Crippen molar-refractivity contribution in [2.24, 2.45) is 17.8 Å². The van der Waals surface area contributed by atoms with Gasteiger partial charge in [0.1, 0.15) is 0 Å². The van der Waals surface area contributed by atoms with Gasteiger partial charge < -0.3 is 5.32 Å². The summed E-state index contributed by atoms with van der Waals surface area (Å²) in [5.41, 5.74) is 1.89. The van der Waals surface area contributed by atoms with E-state index in [2.05, 4.69) is 22.4 Å². The normalized spacial score (nSPS) is 25.3. The number of aromatic nitrogens is 4. The molecule has 2 aromatic rings. The topological polar surface area (TPSA) is 64.7 Å². The predicted molar refractivity (Wildman–Crippen MR) is 91.4 cm³/mol. The second-order valence-electron chi connectivity index (χ2n) is 7.32. The molecule has 2 bridgehead atoms. The van der Waals surface area contributed by atoms with E-state index in [0.29, 0.717) is 18.9 Å². The van der Waals surface area contributed by atoms with Crippen molar-refractivity contribution in [3.63, 3.8) is 0 Å². The van der Waals surface area contributed by atoms with E-state index < -0.39 is 0 Å². The lowest BCUT2D eigenvalue weighted by Gasteiger charge is -2.20. The molecular weight excluding hydrogens is 302 g/mol. The van der Waals surface area contributed by atoms with Crippen LogP contribution in [0.4, 0.5) is 5.69 Å². The van der Waals surface area contributed by atoms with Crippen LogP contribution in [0.1, 0.15) is 44.6 Å². The third-order valence-corrected chi connectivity index (χ3v) is 5.60. The molecule has 1 N–H and O–H groups in total. The molecule has 3 unspecified atom stereocenters. The van der Waals surface area contributed by atoms with Crippen molar-refractivity contribution in [3.8, 4) is 0 Å². The van der Waals surface area contributed by atoms with Gasteiger partial charge in [-0.3, -0.25) is 14.2 Å². The van der Waals surface area contributed by atoms with Crippen LogP contribution in [-0.2, 0) is 17.9 Å². The van der Waals surface area contributed by atoms with E-state index in [4.69, 9.17) is 0 Å². The molecule has 6 nitrogen and oxygen atoms in total. The second-order valence-corrected chi connectivity index (χ2v) is 7.32. The summed E-state index contributed by atoms with van der Waals surface area (Å²) in [7, 11) is 0. The largest absolute Gasteiger partial charge is 0.323 e. The maximum atomic E-state index is 12.3. The van der Waals surface area contributed by atoms with E-state index in [9.17, 15) is 4.79 Å². The minimum Gasteiger partial charge on any atom is -0.323 e. The van der Waals surface area contributed by atoms with Gasteiger partial charge in [0.25, 0.3) is 0 Å². The van der Waals surface area contributed by atoms with Gasteiger partial charge in [0, 0.05) is 30.9 Å². The molecule has 24 heavy (non-hydrogen) atoms. The number of fused-ring (bicyclic) bond motifs is 2. The zero-order valence-electron chi connectivity index (χ0n) is 14.2. The van der Waals surface area contributed by atoms with Gasteiger partial charge in [0.05, 0.1) is 24.6 Å². The van der Waals surface area contributed by atoms with Gasteiger partial charge in [0.2, 0.25) is 5.91 Å². The smallest absolute Gasteiger partial charge is 0.224 e. The molecule has 2 fully saturated rings. The average molecular weight is 327 g/mol. The summed E-state index contributed by atoms with van der Waals surface area (Å²) in [6.45, 7) is 3.60. The number of anilines is 1. The predicted octanol–water partition coefficient (Wildman–Crippen LogP) is 2.91. The first kappa shape index (κ1) is 15.4. The van der Waals surface area contributed by atoms with E-state index in [1.807, 2.05) is 28.0 Å². The number of rotatable bonds is 6. The van der Waals surface area contributed by atoms with Crippen molar-refractivity contribution in [1.82, 2.24) is 19.6 Å². The molecule has 0 spiro atoms. The SMILES string of the molecule is CCn1cc(Cn2cc(NC(=O)CC3CC4CCC3C4)cn2)cn1. The molecule has 4 rings (SSSR count). The Balaban J connectivity index is 1.30. The fourth-order valence-corrected chi connectivity index (χ4v) is 4.44. The molecule has 2 aliphatic carbocycles. The number of aryl methyl sites for hydroxylation is 1. The number of carbonyl (C=O) groups excluding carboxylic acids is 1. The van der Waals surface area contributed by atoms with Crippen LogP contribution in [0.25, 0.3) is 0 Å². The van der Waals surface area contributed by atoms with Crippen molar-refractivity contribution in [1.29, 1.82) is 0 Å². The first-order chi connectivity index (χ1) is 11.7. The molecular formula is C18H25N5O. The molecule has 2 heterocycles. The van der Waals surface area contributed by atoms with Crippen LogP contribution in [0, 0.1) is 17.8 Å². The Labute approximate surface area is 142 Å². The molecule has 1 amide bonds. The van der Waals surface area contributed by atoms with Crippen molar-refractivity contribution in [3.05, 3.63) is 30.4 Å². The molecule has 2 saturated carbocycles. The second kappa shape index (κ2) is 6.42. The van der Waals surface area contributed by atoms with E-state index in [0.717, 1.165) is 29.6 Å². The number of hydrogen-bond acceptors (Lipinski definition) is 3. The van der Waals surface area contributed by atoms with Crippen molar-refractivity contribution < 1.29 is 4.79 Å². The standard InChI is InChI=1S/C18H25N5O/c1-2-22-10-14(8-19-22)11-23-12-17(9-20-23)21-18(24)7-16-6-13-3-4-15(16)5-13/h8-10,12-13,15-16H,2-7,11H2,1H3,(H,21,24). The highest BCUT2D eigenvalue weighted by atomic mass is 16.1. The summed E-state index contributed by atoms with van der Waals surface area (Å²) in [5, 5.41) is 11.6. The third kappa shape index (κ3) is 3.23.